The minimum Gasteiger partial charge on any atom is -0.481 e. The number of hydrogen-bond donors (Lipinski definition) is 1. The van der Waals surface area contributed by atoms with Crippen molar-refractivity contribution in [3.05, 3.63) is 23.9 Å². The van der Waals surface area contributed by atoms with Crippen LogP contribution in [0.2, 0.25) is 0 Å². The molecule has 0 fully saturated rings. The molecule has 0 amide bonds. The summed E-state index contributed by atoms with van der Waals surface area (Å²) in [5, 5.41) is 0. The highest BCUT2D eigenvalue weighted by Gasteiger charge is 1.91. The number of ether oxygens (including phenoxy) is 1. The number of nitrogens with zero attached hydrogens (tertiary/aromatic N) is 1. The molecule has 1 aromatic heterocycles. The first-order valence-electron chi connectivity index (χ1n) is 3.47. The van der Waals surface area contributed by atoms with E-state index in [9.17, 15) is 0 Å². The Hall–Kier alpha value is -1.14. The molecule has 0 aliphatic rings. The van der Waals surface area contributed by atoms with Gasteiger partial charge in [0.05, 0.1) is 12.9 Å². The normalized spacial score (nSPS) is 8.50. The first-order valence-corrected chi connectivity index (χ1v) is 4.11. The molecule has 2 nitrogen and oxygen atoms in total. The predicted octanol–water partition coefficient (Wildman–Crippen LogP) is 1.37. The first-order chi connectivity index (χ1) is 5.86. The van der Waals surface area contributed by atoms with Crippen molar-refractivity contribution in [3.63, 3.8) is 0 Å². The van der Waals surface area contributed by atoms with Gasteiger partial charge < -0.3 is 4.74 Å². The molecule has 0 spiro atoms. The molecule has 0 unspecified atom stereocenters. The van der Waals surface area contributed by atoms with Gasteiger partial charge in [0.2, 0.25) is 5.88 Å². The van der Waals surface area contributed by atoms with Crippen LogP contribution in [0.1, 0.15) is 5.69 Å². The van der Waals surface area contributed by atoms with Crippen LogP contribution in [0.4, 0.5) is 0 Å². The van der Waals surface area contributed by atoms with E-state index in [2.05, 4.69) is 29.5 Å². The fraction of sp³-hybridized carbons (Fsp3) is 0.222. The molecule has 0 aliphatic heterocycles. The van der Waals surface area contributed by atoms with Gasteiger partial charge in [-0.15, -0.1) is 0 Å². The lowest BCUT2D eigenvalue weighted by molar-refractivity contribution is 0.397. The van der Waals surface area contributed by atoms with E-state index in [1.165, 1.54) is 0 Å². The number of thiol groups is 1. The van der Waals surface area contributed by atoms with Crippen LogP contribution in [0, 0.1) is 11.8 Å². The van der Waals surface area contributed by atoms with Gasteiger partial charge in [0.15, 0.2) is 0 Å². The summed E-state index contributed by atoms with van der Waals surface area (Å²) in [4.78, 5) is 4.10. The van der Waals surface area contributed by atoms with Crippen LogP contribution >= 0.6 is 12.6 Å². The quantitative estimate of drug-likeness (QED) is 0.519. The highest BCUT2D eigenvalue weighted by molar-refractivity contribution is 7.80. The smallest absolute Gasteiger partial charge is 0.214 e. The Morgan fingerprint density at radius 3 is 3.08 bits per heavy atom. The standard InChI is InChI=1S/C9H9NOS/c1-11-9-6-2-4-8(10-9)5-3-7-12/h2,4,6,12H,7H2,1H3. The maximum atomic E-state index is 4.94. The summed E-state index contributed by atoms with van der Waals surface area (Å²) in [5.41, 5.74) is 0.711. The van der Waals surface area contributed by atoms with Gasteiger partial charge in [-0.2, -0.15) is 12.6 Å². The Kier molecular flexibility index (Phi) is 3.49. The molecule has 0 radical (unpaired) electrons. The maximum absolute atomic E-state index is 4.94. The highest BCUT2D eigenvalue weighted by atomic mass is 32.1. The summed E-state index contributed by atoms with van der Waals surface area (Å²) < 4.78 is 4.94. The van der Waals surface area contributed by atoms with Gasteiger partial charge in [0.25, 0.3) is 0 Å². The fourth-order valence-corrected chi connectivity index (χ4v) is 0.807. The Labute approximate surface area is 77.4 Å². The molecule has 0 aliphatic carbocycles. The second-order valence-electron chi connectivity index (χ2n) is 2.03. The summed E-state index contributed by atoms with van der Waals surface area (Å²) in [7, 11) is 1.58. The minimum absolute atomic E-state index is 0.541. The fourth-order valence-electron chi connectivity index (χ4n) is 0.728. The summed E-state index contributed by atoms with van der Waals surface area (Å²) in [6, 6.07) is 5.47. The van der Waals surface area contributed by atoms with E-state index >= 15 is 0 Å². The average molecular weight is 179 g/mol. The highest BCUT2D eigenvalue weighted by Crippen LogP contribution is 2.04. The SMILES string of the molecule is COc1cccc(C#CCS)n1. The summed E-state index contributed by atoms with van der Waals surface area (Å²) in [6.45, 7) is 0. The molecule has 1 heterocycles. The van der Waals surface area contributed by atoms with E-state index in [0.717, 1.165) is 0 Å². The van der Waals surface area contributed by atoms with Crippen LogP contribution in [0.3, 0.4) is 0 Å². The Bertz CT molecular complexity index is 314. The van der Waals surface area contributed by atoms with E-state index in [1.54, 1.807) is 13.2 Å². The van der Waals surface area contributed by atoms with Gasteiger partial charge in [-0.1, -0.05) is 12.0 Å². The van der Waals surface area contributed by atoms with Gasteiger partial charge in [0, 0.05) is 6.07 Å². The zero-order chi connectivity index (χ0) is 8.81. The lowest BCUT2D eigenvalue weighted by Crippen LogP contribution is -1.88. The molecule has 0 N–H and O–H groups in total. The van der Waals surface area contributed by atoms with Gasteiger partial charge in [0.1, 0.15) is 5.69 Å². The molecule has 12 heavy (non-hydrogen) atoms. The molecule has 1 rings (SSSR count). The third-order valence-electron chi connectivity index (χ3n) is 1.23. The van der Waals surface area contributed by atoms with Gasteiger partial charge in [-0.25, -0.2) is 4.98 Å². The minimum atomic E-state index is 0.541. The molecule has 0 saturated heterocycles. The van der Waals surface area contributed by atoms with E-state index in [4.69, 9.17) is 4.74 Å². The number of rotatable bonds is 1. The summed E-state index contributed by atoms with van der Waals surface area (Å²) in [5.74, 6) is 6.79. The van der Waals surface area contributed by atoms with Crippen LogP contribution in [-0.2, 0) is 0 Å². The predicted molar refractivity (Wildman–Crippen MR) is 51.5 cm³/mol. The number of methoxy groups -OCH3 is 1. The second-order valence-corrected chi connectivity index (χ2v) is 2.34. The topological polar surface area (TPSA) is 22.1 Å². The second kappa shape index (κ2) is 4.68. The van der Waals surface area contributed by atoms with Gasteiger partial charge in [-0.3, -0.25) is 0 Å². The molecule has 0 saturated carbocycles. The first kappa shape index (κ1) is 8.95. The Morgan fingerprint density at radius 2 is 2.42 bits per heavy atom. The number of aromatic nitrogens is 1. The molecule has 0 aromatic carbocycles. The van der Waals surface area contributed by atoms with Crippen LogP contribution in [-0.4, -0.2) is 17.8 Å². The molecule has 0 bridgehead atoms. The Morgan fingerprint density at radius 1 is 1.58 bits per heavy atom. The van der Waals surface area contributed by atoms with Crippen LogP contribution < -0.4 is 4.74 Å². The van der Waals surface area contributed by atoms with E-state index in [0.29, 0.717) is 17.3 Å². The number of pyridine rings is 1. The maximum Gasteiger partial charge on any atom is 0.214 e. The average Bonchev–Trinajstić information content (AvgIpc) is 2.15. The van der Waals surface area contributed by atoms with Crippen molar-refractivity contribution in [1.29, 1.82) is 0 Å². The number of hydrogen-bond acceptors (Lipinski definition) is 3. The lowest BCUT2D eigenvalue weighted by Gasteiger charge is -1.96. The van der Waals surface area contributed by atoms with Crippen molar-refractivity contribution < 1.29 is 4.74 Å². The van der Waals surface area contributed by atoms with Gasteiger partial charge in [-0.05, 0) is 12.0 Å². The van der Waals surface area contributed by atoms with E-state index < -0.39 is 0 Å². The van der Waals surface area contributed by atoms with Crippen LogP contribution in [0.25, 0.3) is 0 Å². The monoisotopic (exact) mass is 179 g/mol. The van der Waals surface area contributed by atoms with Crippen LogP contribution in [0.15, 0.2) is 18.2 Å². The van der Waals surface area contributed by atoms with Crippen molar-refractivity contribution in [2.75, 3.05) is 12.9 Å². The van der Waals surface area contributed by atoms with Crippen molar-refractivity contribution in [2.45, 2.75) is 0 Å². The molecule has 3 heteroatoms. The molecular formula is C9H9NOS. The van der Waals surface area contributed by atoms with E-state index in [-0.39, 0.29) is 0 Å². The molecule has 1 aromatic rings. The van der Waals surface area contributed by atoms with Crippen molar-refractivity contribution >= 4 is 12.6 Å². The largest absolute Gasteiger partial charge is 0.481 e. The lowest BCUT2D eigenvalue weighted by atomic mass is 10.3. The zero-order valence-electron chi connectivity index (χ0n) is 6.74. The summed E-state index contributed by atoms with van der Waals surface area (Å²) >= 11 is 3.97. The van der Waals surface area contributed by atoms with E-state index in [1.807, 2.05) is 12.1 Å². The van der Waals surface area contributed by atoms with Crippen molar-refractivity contribution in [2.24, 2.45) is 0 Å². The molecule has 62 valence electrons. The Balaban J connectivity index is 2.86. The third-order valence-corrected chi connectivity index (χ3v) is 1.39. The molecule has 0 atom stereocenters. The van der Waals surface area contributed by atoms with Crippen molar-refractivity contribution in [3.8, 4) is 17.7 Å². The van der Waals surface area contributed by atoms with Gasteiger partial charge >= 0.3 is 0 Å². The summed E-state index contributed by atoms with van der Waals surface area (Å²) in [6.07, 6.45) is 0. The molecular weight excluding hydrogens is 170 g/mol. The zero-order valence-corrected chi connectivity index (χ0v) is 7.64. The third kappa shape index (κ3) is 2.48. The van der Waals surface area contributed by atoms with Crippen LogP contribution in [0.5, 0.6) is 5.88 Å². The van der Waals surface area contributed by atoms with Crippen molar-refractivity contribution in [1.82, 2.24) is 4.98 Å².